The second-order valence-electron chi connectivity index (χ2n) is 7.73. The summed E-state index contributed by atoms with van der Waals surface area (Å²) < 4.78 is 33.3. The number of methoxy groups -OCH3 is 1. The summed E-state index contributed by atoms with van der Waals surface area (Å²) in [7, 11) is -2.18. The largest absolute Gasteiger partial charge is 0.495 e. The van der Waals surface area contributed by atoms with Gasteiger partial charge in [-0.3, -0.25) is 0 Å². The van der Waals surface area contributed by atoms with Gasteiger partial charge in [-0.05, 0) is 43.7 Å². The molecule has 0 bridgehead atoms. The van der Waals surface area contributed by atoms with E-state index in [-0.39, 0.29) is 4.90 Å². The van der Waals surface area contributed by atoms with E-state index in [1.165, 1.54) is 11.4 Å². The number of piperazine rings is 1. The molecule has 0 amide bonds. The Morgan fingerprint density at radius 2 is 1.66 bits per heavy atom. The number of ether oxygens (including phenoxy) is 1. The van der Waals surface area contributed by atoms with E-state index in [1.807, 2.05) is 61.2 Å². The van der Waals surface area contributed by atoms with Crippen LogP contribution in [0.25, 0.3) is 0 Å². The summed E-state index contributed by atoms with van der Waals surface area (Å²) in [6.45, 7) is 5.48. The standard InChI is InChI=1S/C23H27N5O3S/c1-17-9-10-20(31-3)21(15-17)32(29,30)28-13-11-27(12-14-28)23-24-18(2)16-22(26-23)25-19-7-5-4-6-8-19/h4-10,15-16H,11-14H2,1-3H3,(H,24,25,26). The van der Waals surface area contributed by atoms with Crippen LogP contribution in [0.3, 0.4) is 0 Å². The first-order valence-corrected chi connectivity index (χ1v) is 11.9. The van der Waals surface area contributed by atoms with E-state index >= 15 is 0 Å². The summed E-state index contributed by atoms with van der Waals surface area (Å²) in [5, 5.41) is 3.30. The first kappa shape index (κ1) is 22.0. The Bertz CT molecular complexity index is 1190. The van der Waals surface area contributed by atoms with Crippen molar-refractivity contribution in [1.29, 1.82) is 0 Å². The van der Waals surface area contributed by atoms with E-state index in [4.69, 9.17) is 4.74 Å². The summed E-state index contributed by atoms with van der Waals surface area (Å²) in [5.41, 5.74) is 2.65. The van der Waals surface area contributed by atoms with Crippen molar-refractivity contribution in [3.63, 3.8) is 0 Å². The van der Waals surface area contributed by atoms with Crippen LogP contribution in [-0.4, -0.2) is 56.0 Å². The van der Waals surface area contributed by atoms with Crippen LogP contribution in [0.4, 0.5) is 17.5 Å². The lowest BCUT2D eigenvalue weighted by atomic mass is 10.2. The Morgan fingerprint density at radius 3 is 2.34 bits per heavy atom. The highest BCUT2D eigenvalue weighted by atomic mass is 32.2. The SMILES string of the molecule is COc1ccc(C)cc1S(=O)(=O)N1CCN(c2nc(C)cc(Nc3ccccc3)n2)CC1. The smallest absolute Gasteiger partial charge is 0.246 e. The minimum absolute atomic E-state index is 0.203. The molecule has 2 heterocycles. The number of aryl methyl sites for hydroxylation is 2. The third kappa shape index (κ3) is 4.68. The molecule has 8 nitrogen and oxygen atoms in total. The molecule has 0 aliphatic carbocycles. The molecule has 1 saturated heterocycles. The van der Waals surface area contributed by atoms with Crippen LogP contribution in [0.5, 0.6) is 5.75 Å². The van der Waals surface area contributed by atoms with Crippen molar-refractivity contribution >= 4 is 27.5 Å². The number of hydrogen-bond donors (Lipinski definition) is 1. The van der Waals surface area contributed by atoms with Crippen LogP contribution in [0.15, 0.2) is 59.5 Å². The third-order valence-electron chi connectivity index (χ3n) is 5.35. The quantitative estimate of drug-likeness (QED) is 0.612. The van der Waals surface area contributed by atoms with Gasteiger partial charge in [-0.1, -0.05) is 24.3 Å². The number of sulfonamides is 1. The molecule has 1 aromatic heterocycles. The fourth-order valence-electron chi connectivity index (χ4n) is 3.68. The van der Waals surface area contributed by atoms with Crippen molar-refractivity contribution in [2.75, 3.05) is 43.5 Å². The number of aromatic nitrogens is 2. The predicted molar refractivity (Wildman–Crippen MR) is 125 cm³/mol. The first-order valence-electron chi connectivity index (χ1n) is 10.4. The van der Waals surface area contributed by atoms with Gasteiger partial charge < -0.3 is 15.0 Å². The molecule has 0 saturated carbocycles. The minimum atomic E-state index is -3.66. The average molecular weight is 454 g/mol. The lowest BCUT2D eigenvalue weighted by molar-refractivity contribution is 0.372. The maximum absolute atomic E-state index is 13.3. The summed E-state index contributed by atoms with van der Waals surface area (Å²) in [6.07, 6.45) is 0. The van der Waals surface area contributed by atoms with Crippen LogP contribution >= 0.6 is 0 Å². The Morgan fingerprint density at radius 1 is 0.938 bits per heavy atom. The number of rotatable bonds is 6. The van der Waals surface area contributed by atoms with Crippen LogP contribution < -0.4 is 15.0 Å². The molecular weight excluding hydrogens is 426 g/mol. The van der Waals surface area contributed by atoms with E-state index in [0.29, 0.717) is 43.7 Å². The van der Waals surface area contributed by atoms with Gasteiger partial charge in [0.25, 0.3) is 0 Å². The molecule has 1 fully saturated rings. The van der Waals surface area contributed by atoms with Gasteiger partial charge in [-0.2, -0.15) is 9.29 Å². The second-order valence-corrected chi connectivity index (χ2v) is 9.64. The number of anilines is 3. The van der Waals surface area contributed by atoms with Crippen molar-refractivity contribution in [3.05, 3.63) is 65.9 Å². The highest BCUT2D eigenvalue weighted by Gasteiger charge is 2.31. The van der Waals surface area contributed by atoms with Crippen LogP contribution in [0.2, 0.25) is 0 Å². The monoisotopic (exact) mass is 453 g/mol. The van der Waals surface area contributed by atoms with Crippen molar-refractivity contribution in [1.82, 2.24) is 14.3 Å². The molecule has 2 aromatic carbocycles. The number of nitrogens with one attached hydrogen (secondary N) is 1. The number of para-hydroxylation sites is 1. The topological polar surface area (TPSA) is 87.7 Å². The molecule has 1 aliphatic heterocycles. The highest BCUT2D eigenvalue weighted by molar-refractivity contribution is 7.89. The summed E-state index contributed by atoms with van der Waals surface area (Å²) in [6, 6.07) is 16.9. The van der Waals surface area contributed by atoms with Gasteiger partial charge in [-0.15, -0.1) is 0 Å². The van der Waals surface area contributed by atoms with Crippen LogP contribution in [-0.2, 0) is 10.0 Å². The summed E-state index contributed by atoms with van der Waals surface area (Å²) >= 11 is 0. The van der Waals surface area contributed by atoms with E-state index < -0.39 is 10.0 Å². The zero-order valence-electron chi connectivity index (χ0n) is 18.4. The molecule has 9 heteroatoms. The normalized spacial score (nSPS) is 14.9. The van der Waals surface area contributed by atoms with Crippen molar-refractivity contribution in [3.8, 4) is 5.75 Å². The fraction of sp³-hybridized carbons (Fsp3) is 0.304. The van der Waals surface area contributed by atoms with E-state index in [1.54, 1.807) is 12.1 Å². The maximum Gasteiger partial charge on any atom is 0.246 e. The Hall–Kier alpha value is -3.17. The molecule has 0 atom stereocenters. The van der Waals surface area contributed by atoms with Crippen LogP contribution in [0, 0.1) is 13.8 Å². The highest BCUT2D eigenvalue weighted by Crippen LogP contribution is 2.29. The van der Waals surface area contributed by atoms with Gasteiger partial charge >= 0.3 is 0 Å². The number of nitrogens with zero attached hydrogens (tertiary/aromatic N) is 4. The molecule has 32 heavy (non-hydrogen) atoms. The van der Waals surface area contributed by atoms with Gasteiger partial charge in [0.05, 0.1) is 7.11 Å². The second kappa shape index (κ2) is 9.13. The molecule has 1 N–H and O–H groups in total. The van der Waals surface area contributed by atoms with E-state index in [2.05, 4.69) is 15.3 Å². The lowest BCUT2D eigenvalue weighted by Crippen LogP contribution is -2.49. The number of hydrogen-bond acceptors (Lipinski definition) is 7. The zero-order chi connectivity index (χ0) is 22.7. The molecule has 0 unspecified atom stereocenters. The van der Waals surface area contributed by atoms with Crippen molar-refractivity contribution in [2.45, 2.75) is 18.7 Å². The van der Waals surface area contributed by atoms with E-state index in [9.17, 15) is 8.42 Å². The first-order chi connectivity index (χ1) is 15.4. The van der Waals surface area contributed by atoms with Gasteiger partial charge in [0.2, 0.25) is 16.0 Å². The van der Waals surface area contributed by atoms with Crippen molar-refractivity contribution in [2.24, 2.45) is 0 Å². The van der Waals surface area contributed by atoms with Gasteiger partial charge in [0.1, 0.15) is 16.5 Å². The van der Waals surface area contributed by atoms with E-state index in [0.717, 1.165) is 16.9 Å². The zero-order valence-corrected chi connectivity index (χ0v) is 19.3. The van der Waals surface area contributed by atoms with Gasteiger partial charge in [0.15, 0.2) is 0 Å². The van der Waals surface area contributed by atoms with Crippen molar-refractivity contribution < 1.29 is 13.2 Å². The Labute approximate surface area is 188 Å². The lowest BCUT2D eigenvalue weighted by Gasteiger charge is -2.34. The minimum Gasteiger partial charge on any atom is -0.495 e. The molecular formula is C23H27N5O3S. The fourth-order valence-corrected chi connectivity index (χ4v) is 5.34. The maximum atomic E-state index is 13.3. The van der Waals surface area contributed by atoms with Crippen LogP contribution in [0.1, 0.15) is 11.3 Å². The molecule has 0 radical (unpaired) electrons. The van der Waals surface area contributed by atoms with Gasteiger partial charge in [0, 0.05) is 43.6 Å². The third-order valence-corrected chi connectivity index (χ3v) is 7.27. The Balaban J connectivity index is 1.50. The Kier molecular flexibility index (Phi) is 6.29. The molecule has 4 rings (SSSR count). The molecule has 1 aliphatic rings. The summed E-state index contributed by atoms with van der Waals surface area (Å²) in [5.74, 6) is 1.66. The predicted octanol–water partition coefficient (Wildman–Crippen LogP) is 3.36. The molecule has 3 aromatic rings. The molecule has 0 spiro atoms. The summed E-state index contributed by atoms with van der Waals surface area (Å²) in [4.78, 5) is 11.4. The van der Waals surface area contributed by atoms with Gasteiger partial charge in [-0.25, -0.2) is 13.4 Å². The average Bonchev–Trinajstić information content (AvgIpc) is 2.79. The molecule has 168 valence electrons. The number of benzene rings is 2.